The van der Waals surface area contributed by atoms with E-state index in [2.05, 4.69) is 15.5 Å². The smallest absolute Gasteiger partial charge is 0.283 e. The Hall–Kier alpha value is -3.56. The summed E-state index contributed by atoms with van der Waals surface area (Å²) in [7, 11) is 0. The number of carbonyl (C=O) groups excluding carboxylic acids is 1. The Labute approximate surface area is 190 Å². The number of nitrogens with zero attached hydrogens (tertiary/aromatic N) is 3. The molecule has 1 amide bonds. The van der Waals surface area contributed by atoms with Gasteiger partial charge in [-0.15, -0.1) is 0 Å². The first-order chi connectivity index (χ1) is 15.5. The lowest BCUT2D eigenvalue weighted by Crippen LogP contribution is -2.23. The number of H-pyrrole nitrogens is 1. The lowest BCUT2D eigenvalue weighted by molar-refractivity contribution is -0.113. The first-order valence-corrected chi connectivity index (χ1v) is 11.0. The molecule has 32 heavy (non-hydrogen) atoms. The second kappa shape index (κ2) is 8.18. The number of aromatic amines is 1. The molecule has 0 unspecified atom stereocenters. The number of aromatic nitrogens is 4. The first-order valence-electron chi connectivity index (χ1n) is 9.65. The van der Waals surface area contributed by atoms with Crippen molar-refractivity contribution in [3.8, 4) is 5.69 Å². The average molecular weight is 466 g/mol. The van der Waals surface area contributed by atoms with Crippen molar-refractivity contribution in [1.29, 1.82) is 0 Å². The van der Waals surface area contributed by atoms with Gasteiger partial charge >= 0.3 is 0 Å². The Morgan fingerprint density at radius 1 is 1.22 bits per heavy atom. The molecule has 5 rings (SSSR count). The minimum Gasteiger partial charge on any atom is -0.360 e. The van der Waals surface area contributed by atoms with E-state index in [1.807, 2.05) is 24.3 Å². The fraction of sp³-hybridized carbons (Fsp3) is 0.0909. The Kier molecular flexibility index (Phi) is 5.20. The van der Waals surface area contributed by atoms with Gasteiger partial charge in [-0.05, 0) is 31.2 Å². The number of thioether (sulfide) groups is 1. The molecule has 0 atom stereocenters. The SMILES string of the molecule is Cc1cc(NC(=O)CSc2nc3c([nH]c4ccccc43)c(=O)n2-c2cccc(Cl)c2)no1. The van der Waals surface area contributed by atoms with Gasteiger partial charge in [0, 0.05) is 22.0 Å². The monoisotopic (exact) mass is 465 g/mol. The number of hydrogen-bond acceptors (Lipinski definition) is 6. The molecule has 0 saturated heterocycles. The molecule has 8 nitrogen and oxygen atoms in total. The van der Waals surface area contributed by atoms with E-state index in [0.717, 1.165) is 22.7 Å². The predicted molar refractivity (Wildman–Crippen MR) is 125 cm³/mol. The molecule has 0 fully saturated rings. The molecule has 0 bridgehead atoms. The number of para-hydroxylation sites is 1. The number of hydrogen-bond donors (Lipinski definition) is 2. The van der Waals surface area contributed by atoms with Crippen molar-refractivity contribution in [3.05, 3.63) is 75.7 Å². The van der Waals surface area contributed by atoms with E-state index in [4.69, 9.17) is 21.1 Å². The van der Waals surface area contributed by atoms with Crippen LogP contribution >= 0.6 is 23.4 Å². The molecule has 5 aromatic rings. The highest BCUT2D eigenvalue weighted by Crippen LogP contribution is 2.27. The van der Waals surface area contributed by atoms with E-state index in [1.165, 1.54) is 4.57 Å². The van der Waals surface area contributed by atoms with Crippen LogP contribution in [0.4, 0.5) is 5.82 Å². The van der Waals surface area contributed by atoms with E-state index >= 15 is 0 Å². The van der Waals surface area contributed by atoms with Crippen molar-refractivity contribution >= 4 is 57.0 Å². The van der Waals surface area contributed by atoms with Gasteiger partial charge in [0.15, 0.2) is 11.0 Å². The molecule has 0 aliphatic rings. The van der Waals surface area contributed by atoms with Crippen molar-refractivity contribution < 1.29 is 9.32 Å². The van der Waals surface area contributed by atoms with Gasteiger partial charge in [-0.1, -0.05) is 52.8 Å². The molecular formula is C22H16ClN5O3S. The van der Waals surface area contributed by atoms with Crippen LogP contribution in [0.1, 0.15) is 5.76 Å². The molecule has 0 spiro atoms. The van der Waals surface area contributed by atoms with Crippen LogP contribution in [0, 0.1) is 6.92 Å². The maximum atomic E-state index is 13.5. The van der Waals surface area contributed by atoms with Crippen LogP contribution in [-0.4, -0.2) is 31.4 Å². The summed E-state index contributed by atoms with van der Waals surface area (Å²) in [5.74, 6) is 0.649. The molecule has 0 radical (unpaired) electrons. The van der Waals surface area contributed by atoms with E-state index in [1.54, 1.807) is 37.3 Å². The van der Waals surface area contributed by atoms with Gasteiger partial charge in [0.2, 0.25) is 5.91 Å². The molecule has 3 aromatic heterocycles. The second-order valence-electron chi connectivity index (χ2n) is 7.07. The Balaban J connectivity index is 1.58. The number of nitrogens with one attached hydrogen (secondary N) is 2. The molecule has 3 heterocycles. The molecule has 0 saturated carbocycles. The van der Waals surface area contributed by atoms with Gasteiger partial charge in [0.1, 0.15) is 16.8 Å². The molecular weight excluding hydrogens is 450 g/mol. The zero-order valence-corrected chi connectivity index (χ0v) is 18.3. The summed E-state index contributed by atoms with van der Waals surface area (Å²) in [6.45, 7) is 1.74. The van der Waals surface area contributed by atoms with Crippen LogP contribution in [0.2, 0.25) is 5.02 Å². The van der Waals surface area contributed by atoms with E-state index in [0.29, 0.717) is 38.5 Å². The molecule has 2 N–H and O–H groups in total. The molecule has 0 aliphatic heterocycles. The lowest BCUT2D eigenvalue weighted by Gasteiger charge is -2.12. The summed E-state index contributed by atoms with van der Waals surface area (Å²) >= 11 is 7.32. The first kappa shape index (κ1) is 20.3. The third-order valence-corrected chi connectivity index (χ3v) is 5.96. The largest absolute Gasteiger partial charge is 0.360 e. The molecule has 0 aliphatic carbocycles. The quantitative estimate of drug-likeness (QED) is 0.291. The van der Waals surface area contributed by atoms with Gasteiger partial charge < -0.3 is 14.8 Å². The fourth-order valence-corrected chi connectivity index (χ4v) is 4.41. The van der Waals surface area contributed by atoms with E-state index in [9.17, 15) is 9.59 Å². The molecule has 2 aromatic carbocycles. The second-order valence-corrected chi connectivity index (χ2v) is 8.45. The van der Waals surface area contributed by atoms with Crippen molar-refractivity contribution in [2.75, 3.05) is 11.1 Å². The van der Waals surface area contributed by atoms with Gasteiger partial charge in [-0.25, -0.2) is 4.98 Å². The minimum atomic E-state index is -0.297. The van der Waals surface area contributed by atoms with Crippen LogP contribution < -0.4 is 10.9 Å². The highest BCUT2D eigenvalue weighted by molar-refractivity contribution is 7.99. The van der Waals surface area contributed by atoms with Gasteiger partial charge in [0.25, 0.3) is 5.56 Å². The van der Waals surface area contributed by atoms with Gasteiger partial charge in [0.05, 0.1) is 11.4 Å². The van der Waals surface area contributed by atoms with Crippen LogP contribution in [0.25, 0.3) is 27.6 Å². The number of carbonyl (C=O) groups is 1. The Morgan fingerprint density at radius 3 is 2.84 bits per heavy atom. The number of anilines is 1. The normalized spacial score (nSPS) is 11.3. The third-order valence-electron chi connectivity index (χ3n) is 4.79. The maximum absolute atomic E-state index is 13.5. The van der Waals surface area contributed by atoms with Gasteiger partial charge in [-0.2, -0.15) is 0 Å². The molecule has 160 valence electrons. The Bertz CT molecular complexity index is 1540. The summed E-state index contributed by atoms with van der Waals surface area (Å²) in [5, 5.41) is 8.13. The standard InChI is InChI=1S/C22H16ClN5O3S/c1-12-9-17(27-31-12)25-18(29)11-32-22-26-19-15-7-2-3-8-16(15)24-20(19)21(30)28(22)14-6-4-5-13(23)10-14/h2-10,24H,11H2,1H3,(H,25,27,29). The number of halogens is 1. The van der Waals surface area contributed by atoms with Crippen molar-refractivity contribution in [1.82, 2.24) is 19.7 Å². The van der Waals surface area contributed by atoms with Crippen molar-refractivity contribution in [2.24, 2.45) is 0 Å². The Morgan fingerprint density at radius 2 is 2.06 bits per heavy atom. The van der Waals surface area contributed by atoms with Crippen LogP contribution in [-0.2, 0) is 4.79 Å². The van der Waals surface area contributed by atoms with Crippen LogP contribution in [0.15, 0.2) is 69.1 Å². The highest BCUT2D eigenvalue weighted by Gasteiger charge is 2.18. The fourth-order valence-electron chi connectivity index (χ4n) is 3.42. The number of fused-ring (bicyclic) bond motifs is 3. The summed E-state index contributed by atoms with van der Waals surface area (Å²) in [6.07, 6.45) is 0. The zero-order valence-electron chi connectivity index (χ0n) is 16.8. The zero-order chi connectivity index (χ0) is 22.2. The van der Waals surface area contributed by atoms with Crippen LogP contribution in [0.5, 0.6) is 0 Å². The van der Waals surface area contributed by atoms with E-state index in [-0.39, 0.29) is 17.2 Å². The van der Waals surface area contributed by atoms with Crippen molar-refractivity contribution in [3.63, 3.8) is 0 Å². The highest BCUT2D eigenvalue weighted by atomic mass is 35.5. The average Bonchev–Trinajstić information content (AvgIpc) is 3.35. The number of amides is 1. The number of rotatable bonds is 5. The number of aryl methyl sites for hydroxylation is 1. The summed E-state index contributed by atoms with van der Waals surface area (Å²) in [5.41, 5.74) is 2.04. The maximum Gasteiger partial charge on any atom is 0.283 e. The number of benzene rings is 2. The minimum absolute atomic E-state index is 0.0206. The van der Waals surface area contributed by atoms with Gasteiger partial charge in [-0.3, -0.25) is 14.2 Å². The van der Waals surface area contributed by atoms with E-state index < -0.39 is 0 Å². The third kappa shape index (κ3) is 3.76. The predicted octanol–water partition coefficient (Wildman–Crippen LogP) is 4.55. The topological polar surface area (TPSA) is 106 Å². The summed E-state index contributed by atoms with van der Waals surface area (Å²) < 4.78 is 6.43. The summed E-state index contributed by atoms with van der Waals surface area (Å²) in [4.78, 5) is 33.8. The van der Waals surface area contributed by atoms with Crippen molar-refractivity contribution in [2.45, 2.75) is 12.1 Å². The lowest BCUT2D eigenvalue weighted by atomic mass is 10.2. The summed E-state index contributed by atoms with van der Waals surface area (Å²) in [6, 6.07) is 16.1. The molecule has 10 heteroatoms. The van der Waals surface area contributed by atoms with Crippen LogP contribution in [0.3, 0.4) is 0 Å².